The average Bonchev–Trinajstić information content (AvgIpc) is 3.00. The SMILES string of the molecule is CC(=O)[O-].CCN(CCC#N)c1ccc(N=Nc2cc(Cl)cc3c2N(C)N[NH+]3C)cc1. The van der Waals surface area contributed by atoms with Crippen LogP contribution in [0.25, 0.3) is 0 Å². The maximum atomic E-state index is 8.89. The van der Waals surface area contributed by atoms with E-state index in [2.05, 4.69) is 33.7 Å². The second kappa shape index (κ2) is 11.3. The van der Waals surface area contributed by atoms with Gasteiger partial charge < -0.3 is 14.8 Å². The van der Waals surface area contributed by atoms with E-state index in [1.54, 1.807) is 0 Å². The third-order valence-corrected chi connectivity index (χ3v) is 4.71. The van der Waals surface area contributed by atoms with Gasteiger partial charge in [0.05, 0.1) is 25.2 Å². The lowest BCUT2D eigenvalue weighted by atomic mass is 10.2. The molecule has 1 unspecified atom stereocenters. The van der Waals surface area contributed by atoms with Crippen molar-refractivity contribution >= 4 is 46.0 Å². The van der Waals surface area contributed by atoms with Gasteiger partial charge in [0, 0.05) is 42.9 Å². The summed E-state index contributed by atoms with van der Waals surface area (Å²) in [6, 6.07) is 13.8. The van der Waals surface area contributed by atoms with Crippen molar-refractivity contribution in [1.82, 2.24) is 5.53 Å². The van der Waals surface area contributed by atoms with E-state index in [9.17, 15) is 0 Å². The zero-order chi connectivity index (χ0) is 23.0. The maximum Gasteiger partial charge on any atom is 0.180 e. The van der Waals surface area contributed by atoms with Crippen molar-refractivity contribution in [3.63, 3.8) is 0 Å². The van der Waals surface area contributed by atoms with E-state index >= 15 is 0 Å². The number of quaternary nitrogens is 1. The Hall–Kier alpha value is -3.19. The van der Waals surface area contributed by atoms with Gasteiger partial charge in [0.2, 0.25) is 0 Å². The molecule has 0 aromatic heterocycles. The Morgan fingerprint density at radius 2 is 1.97 bits per heavy atom. The number of carboxylic acid groups (broad SMARTS) is 1. The molecule has 0 amide bonds. The van der Waals surface area contributed by atoms with Crippen LogP contribution in [0.1, 0.15) is 20.3 Å². The number of halogens is 1. The number of rotatable bonds is 6. The zero-order valence-electron chi connectivity index (χ0n) is 18.0. The molecule has 1 aliphatic rings. The normalized spacial score (nSPS) is 14.6. The van der Waals surface area contributed by atoms with E-state index in [4.69, 9.17) is 26.8 Å². The van der Waals surface area contributed by atoms with Crippen LogP contribution in [-0.4, -0.2) is 33.2 Å². The first-order chi connectivity index (χ1) is 14.8. The molecule has 2 N–H and O–H groups in total. The molecule has 3 rings (SSSR count). The first kappa shape index (κ1) is 24.1. The summed E-state index contributed by atoms with van der Waals surface area (Å²) >= 11 is 6.25. The molecule has 10 heteroatoms. The predicted molar refractivity (Wildman–Crippen MR) is 119 cm³/mol. The minimum absolute atomic E-state index is 0.507. The number of carbonyl (C=O) groups is 1. The number of nitrogens with zero attached hydrogens (tertiary/aromatic N) is 5. The molecule has 0 aliphatic carbocycles. The van der Waals surface area contributed by atoms with Crippen LogP contribution in [0.15, 0.2) is 46.6 Å². The monoisotopic (exact) mass is 443 g/mol. The van der Waals surface area contributed by atoms with Crippen molar-refractivity contribution in [3.8, 4) is 6.07 Å². The van der Waals surface area contributed by atoms with Gasteiger partial charge in [0.1, 0.15) is 11.4 Å². The predicted octanol–water partition coefficient (Wildman–Crippen LogP) is 2.27. The number of hydrazine groups is 1. The Labute approximate surface area is 187 Å². The number of hydrogen-bond acceptors (Lipinski definition) is 8. The quantitative estimate of drug-likeness (QED) is 0.662. The molecule has 164 valence electrons. The molecular formula is C21H26ClN7O2. The van der Waals surface area contributed by atoms with E-state index in [0.29, 0.717) is 11.4 Å². The van der Waals surface area contributed by atoms with Crippen molar-refractivity contribution in [2.75, 3.05) is 37.1 Å². The van der Waals surface area contributed by atoms with Crippen LogP contribution in [-0.2, 0) is 4.79 Å². The van der Waals surface area contributed by atoms with Crippen LogP contribution in [0.2, 0.25) is 5.02 Å². The molecule has 0 bridgehead atoms. The minimum atomic E-state index is -1.08. The molecule has 0 saturated carbocycles. The minimum Gasteiger partial charge on any atom is -0.550 e. The highest BCUT2D eigenvalue weighted by Crippen LogP contribution is 2.38. The van der Waals surface area contributed by atoms with Crippen LogP contribution in [0.4, 0.5) is 28.4 Å². The first-order valence-corrected chi connectivity index (χ1v) is 10.1. The summed E-state index contributed by atoms with van der Waals surface area (Å²) in [6.07, 6.45) is 0.507. The summed E-state index contributed by atoms with van der Waals surface area (Å²) in [5.41, 5.74) is 7.80. The number of carbonyl (C=O) groups excluding carboxylic acids is 1. The van der Waals surface area contributed by atoms with Crippen molar-refractivity contribution in [2.45, 2.75) is 20.3 Å². The number of carboxylic acids is 1. The van der Waals surface area contributed by atoms with E-state index in [-0.39, 0.29) is 0 Å². The molecule has 0 radical (unpaired) electrons. The van der Waals surface area contributed by atoms with Crippen LogP contribution in [0, 0.1) is 11.3 Å². The van der Waals surface area contributed by atoms with Crippen molar-refractivity contribution in [1.29, 1.82) is 5.26 Å². The van der Waals surface area contributed by atoms with Gasteiger partial charge >= 0.3 is 0 Å². The van der Waals surface area contributed by atoms with Gasteiger partial charge in [-0.15, -0.1) is 5.11 Å². The van der Waals surface area contributed by atoms with E-state index in [1.807, 2.05) is 55.5 Å². The second-order valence-electron chi connectivity index (χ2n) is 6.81. The third-order valence-electron chi connectivity index (χ3n) is 4.49. The Kier molecular flexibility index (Phi) is 8.75. The van der Waals surface area contributed by atoms with Gasteiger partial charge in [-0.2, -0.15) is 10.4 Å². The Morgan fingerprint density at radius 3 is 2.55 bits per heavy atom. The smallest absolute Gasteiger partial charge is 0.180 e. The van der Waals surface area contributed by atoms with E-state index in [0.717, 1.165) is 53.5 Å². The van der Waals surface area contributed by atoms with Crippen LogP contribution < -0.4 is 25.6 Å². The average molecular weight is 444 g/mol. The highest BCUT2D eigenvalue weighted by Gasteiger charge is 2.29. The maximum absolute atomic E-state index is 8.89. The van der Waals surface area contributed by atoms with Crippen LogP contribution >= 0.6 is 11.6 Å². The molecule has 0 fully saturated rings. The van der Waals surface area contributed by atoms with E-state index in [1.165, 1.54) is 0 Å². The number of nitrogens with one attached hydrogen (secondary N) is 2. The second-order valence-corrected chi connectivity index (χ2v) is 7.25. The fourth-order valence-electron chi connectivity index (χ4n) is 3.16. The van der Waals surface area contributed by atoms with Gasteiger partial charge in [-0.25, -0.2) is 5.01 Å². The number of fused-ring (bicyclic) bond motifs is 1. The Balaban J connectivity index is 0.000000785. The molecule has 1 atom stereocenters. The van der Waals surface area contributed by atoms with Crippen LogP contribution in [0.3, 0.4) is 0 Å². The van der Waals surface area contributed by atoms with E-state index < -0.39 is 5.97 Å². The summed E-state index contributed by atoms with van der Waals surface area (Å²) in [5.74, 6) is -1.08. The highest BCUT2D eigenvalue weighted by molar-refractivity contribution is 6.31. The van der Waals surface area contributed by atoms with Crippen LogP contribution in [0.5, 0.6) is 0 Å². The lowest BCUT2D eigenvalue weighted by molar-refractivity contribution is -0.854. The van der Waals surface area contributed by atoms with Crippen molar-refractivity contribution < 1.29 is 14.9 Å². The summed E-state index contributed by atoms with van der Waals surface area (Å²) < 4.78 is 0. The molecule has 2 aromatic rings. The summed E-state index contributed by atoms with van der Waals surface area (Å²) in [4.78, 5) is 11.0. The summed E-state index contributed by atoms with van der Waals surface area (Å²) in [5, 5.41) is 30.1. The van der Waals surface area contributed by atoms with Gasteiger partial charge in [-0.05, 0) is 44.2 Å². The molecule has 0 saturated heterocycles. The lowest BCUT2D eigenvalue weighted by Gasteiger charge is -2.21. The van der Waals surface area contributed by atoms with Gasteiger partial charge in [0.15, 0.2) is 5.69 Å². The van der Waals surface area contributed by atoms with Gasteiger partial charge in [-0.3, -0.25) is 5.01 Å². The molecule has 1 aliphatic heterocycles. The molecule has 2 aromatic carbocycles. The van der Waals surface area contributed by atoms with Crippen molar-refractivity contribution in [3.05, 3.63) is 41.4 Å². The highest BCUT2D eigenvalue weighted by atomic mass is 35.5. The molecule has 31 heavy (non-hydrogen) atoms. The van der Waals surface area contributed by atoms with Gasteiger partial charge in [-0.1, -0.05) is 17.1 Å². The molecule has 0 spiro atoms. The molecular weight excluding hydrogens is 418 g/mol. The van der Waals surface area contributed by atoms with Crippen molar-refractivity contribution in [2.24, 2.45) is 10.2 Å². The zero-order valence-corrected chi connectivity index (χ0v) is 18.8. The Morgan fingerprint density at radius 1 is 1.32 bits per heavy atom. The molecule has 1 heterocycles. The first-order valence-electron chi connectivity index (χ1n) is 9.76. The summed E-state index contributed by atoms with van der Waals surface area (Å²) in [6.45, 7) is 4.62. The third kappa shape index (κ3) is 6.65. The topological polar surface area (TPSA) is 112 Å². The fourth-order valence-corrected chi connectivity index (χ4v) is 3.38. The number of azo groups is 1. The summed E-state index contributed by atoms with van der Waals surface area (Å²) in [7, 11) is 3.95. The molecule has 9 nitrogen and oxygen atoms in total. The Bertz CT molecular complexity index is 969. The number of anilines is 2. The number of aliphatic carboxylic acids is 1. The lowest BCUT2D eigenvalue weighted by Crippen LogP contribution is -3.10. The number of nitriles is 1. The number of benzene rings is 2. The largest absolute Gasteiger partial charge is 0.550 e. The fraction of sp³-hybridized carbons (Fsp3) is 0.333. The number of hydrogen-bond donors (Lipinski definition) is 2. The van der Waals surface area contributed by atoms with Gasteiger partial charge in [0.25, 0.3) is 0 Å². The standard InChI is InChI=1S/C19H22ClN7.C2H4O2/c1-4-27(11-5-10-21)16-8-6-15(7-9-16)22-23-17-12-14(20)13-18-19(17)26(3)24-25(18)2;1-2(3)4/h6-9,12-13,24H,4-5,11H2,1-3H3;1H3,(H,3,4).